The molecule has 2 aromatic carbocycles. The monoisotopic (exact) mass is 472 g/mol. The molecule has 4 aliphatic rings. The number of piperidine rings is 1. The van der Waals surface area contributed by atoms with Gasteiger partial charge in [0, 0.05) is 24.9 Å². The molecule has 1 saturated carbocycles. The number of carboxylic acids is 1. The van der Waals surface area contributed by atoms with Crippen LogP contribution in [0.2, 0.25) is 0 Å². The molecule has 3 unspecified atom stereocenters. The third-order valence-electron chi connectivity index (χ3n) is 8.11. The Morgan fingerprint density at radius 2 is 1.60 bits per heavy atom. The second-order valence-corrected chi connectivity index (χ2v) is 10.1. The second kappa shape index (κ2) is 8.56. The van der Waals surface area contributed by atoms with Crippen LogP contribution in [0.15, 0.2) is 60.7 Å². The number of nitrogens with one attached hydrogen (secondary N) is 1. The van der Waals surface area contributed by atoms with Gasteiger partial charge in [0.15, 0.2) is 0 Å². The van der Waals surface area contributed by atoms with Crippen molar-refractivity contribution < 1.29 is 24.2 Å². The molecule has 2 amide bonds. The molecular weight excluding hydrogens is 444 g/mol. The number of hydrogen-bond acceptors (Lipinski definition) is 4. The lowest BCUT2D eigenvalue weighted by molar-refractivity contribution is -0.141. The van der Waals surface area contributed by atoms with Gasteiger partial charge >= 0.3 is 12.1 Å². The molecule has 0 bridgehead atoms. The Morgan fingerprint density at radius 1 is 0.971 bits per heavy atom. The van der Waals surface area contributed by atoms with Gasteiger partial charge in [0.05, 0.1) is 12.0 Å². The Kier molecular flexibility index (Phi) is 5.35. The summed E-state index contributed by atoms with van der Waals surface area (Å²) in [5.41, 5.74) is 4.70. The minimum Gasteiger partial charge on any atom is -0.481 e. The van der Waals surface area contributed by atoms with E-state index < -0.39 is 12.1 Å². The molecule has 0 spiro atoms. The van der Waals surface area contributed by atoms with Crippen LogP contribution in [0.5, 0.6) is 0 Å². The molecule has 7 nitrogen and oxygen atoms in total. The summed E-state index contributed by atoms with van der Waals surface area (Å²) >= 11 is 0. The van der Waals surface area contributed by atoms with Crippen molar-refractivity contribution in [3.63, 3.8) is 0 Å². The second-order valence-electron chi connectivity index (χ2n) is 10.1. The van der Waals surface area contributed by atoms with Gasteiger partial charge in [-0.25, -0.2) is 4.79 Å². The van der Waals surface area contributed by atoms with Crippen molar-refractivity contribution in [2.45, 2.75) is 24.8 Å². The van der Waals surface area contributed by atoms with Crippen molar-refractivity contribution >= 4 is 18.0 Å². The predicted molar refractivity (Wildman–Crippen MR) is 129 cm³/mol. The van der Waals surface area contributed by atoms with Gasteiger partial charge in [-0.05, 0) is 46.9 Å². The summed E-state index contributed by atoms with van der Waals surface area (Å²) < 4.78 is 5.66. The first-order valence-electron chi connectivity index (χ1n) is 12.3. The van der Waals surface area contributed by atoms with Crippen LogP contribution >= 0.6 is 0 Å². The molecule has 5 atom stereocenters. The maximum Gasteiger partial charge on any atom is 0.407 e. The molecule has 0 aromatic heterocycles. The number of amides is 2. The molecule has 3 aliphatic carbocycles. The maximum absolute atomic E-state index is 13.0. The molecule has 35 heavy (non-hydrogen) atoms. The van der Waals surface area contributed by atoms with Crippen LogP contribution in [0.1, 0.15) is 29.9 Å². The number of carbonyl (C=O) groups excluding carboxylic acids is 2. The van der Waals surface area contributed by atoms with E-state index in [9.17, 15) is 19.5 Å². The van der Waals surface area contributed by atoms with Crippen molar-refractivity contribution in [1.82, 2.24) is 10.2 Å². The van der Waals surface area contributed by atoms with Crippen LogP contribution < -0.4 is 5.32 Å². The Morgan fingerprint density at radius 3 is 2.23 bits per heavy atom. The number of benzene rings is 2. The minimum atomic E-state index is -0.750. The fourth-order valence-electron chi connectivity index (χ4n) is 6.32. The number of carboxylic acid groups (broad SMARTS) is 1. The summed E-state index contributed by atoms with van der Waals surface area (Å²) in [5, 5.41) is 12.1. The third-order valence-corrected chi connectivity index (χ3v) is 8.11. The first-order valence-corrected chi connectivity index (χ1v) is 12.3. The van der Waals surface area contributed by atoms with Crippen molar-refractivity contribution in [1.29, 1.82) is 0 Å². The number of allylic oxidation sites excluding steroid dienone is 1. The molecule has 0 radical (unpaired) electrons. The van der Waals surface area contributed by atoms with Crippen molar-refractivity contribution in [3.05, 3.63) is 71.8 Å². The van der Waals surface area contributed by atoms with Gasteiger partial charge < -0.3 is 20.1 Å². The summed E-state index contributed by atoms with van der Waals surface area (Å²) in [4.78, 5) is 38.7. The number of likely N-dealkylation sites (tertiary alicyclic amines) is 1. The van der Waals surface area contributed by atoms with Gasteiger partial charge in [-0.3, -0.25) is 9.59 Å². The highest BCUT2D eigenvalue weighted by atomic mass is 16.5. The summed E-state index contributed by atoms with van der Waals surface area (Å²) in [6, 6.07) is 16.2. The highest BCUT2D eigenvalue weighted by molar-refractivity contribution is 5.82. The van der Waals surface area contributed by atoms with Crippen LogP contribution in [-0.2, 0) is 14.3 Å². The van der Waals surface area contributed by atoms with E-state index in [0.29, 0.717) is 25.9 Å². The fourth-order valence-corrected chi connectivity index (χ4v) is 6.32. The zero-order valence-corrected chi connectivity index (χ0v) is 19.3. The van der Waals surface area contributed by atoms with Crippen LogP contribution in [0, 0.1) is 23.7 Å². The molecule has 2 aromatic rings. The number of rotatable bonds is 5. The lowest BCUT2D eigenvalue weighted by atomic mass is 9.90. The number of alkyl carbamates (subject to hydrolysis) is 1. The van der Waals surface area contributed by atoms with Crippen LogP contribution in [-0.4, -0.2) is 53.7 Å². The maximum atomic E-state index is 13.0. The Balaban J connectivity index is 1.03. The first kappa shape index (κ1) is 21.9. The average Bonchev–Trinajstić information content (AvgIpc) is 3.22. The fraction of sp³-hybridized carbons (Fsp3) is 0.393. The van der Waals surface area contributed by atoms with Crippen LogP contribution in [0.4, 0.5) is 4.79 Å². The number of nitrogens with zero attached hydrogens (tertiary/aromatic N) is 1. The normalized spacial score (nSPS) is 28.1. The zero-order chi connectivity index (χ0) is 24.1. The van der Waals surface area contributed by atoms with Gasteiger partial charge in [0.1, 0.15) is 6.61 Å². The SMILES string of the molecule is O=C(NC1C=CCC(C(=O)N2C[C@@H]3C(C(=O)O)[C@@H]3C2)C1)OCC1c2ccccc2-c2ccccc21. The topological polar surface area (TPSA) is 95.9 Å². The summed E-state index contributed by atoms with van der Waals surface area (Å²) in [6.45, 7) is 1.32. The van der Waals surface area contributed by atoms with Gasteiger partial charge in [-0.1, -0.05) is 60.7 Å². The number of aliphatic carboxylic acids is 1. The summed E-state index contributed by atoms with van der Waals surface area (Å²) in [5.74, 6) is -0.978. The van der Waals surface area contributed by atoms with E-state index in [2.05, 4.69) is 29.6 Å². The molecule has 1 aliphatic heterocycles. The average molecular weight is 473 g/mol. The summed E-state index contributed by atoms with van der Waals surface area (Å²) in [6.07, 6.45) is 4.54. The van der Waals surface area contributed by atoms with E-state index in [1.807, 2.05) is 41.3 Å². The molecule has 2 fully saturated rings. The van der Waals surface area contributed by atoms with Crippen molar-refractivity contribution in [2.75, 3.05) is 19.7 Å². The van der Waals surface area contributed by atoms with Gasteiger partial charge in [0.2, 0.25) is 5.91 Å². The van der Waals surface area contributed by atoms with Gasteiger partial charge in [-0.15, -0.1) is 0 Å². The van der Waals surface area contributed by atoms with E-state index in [4.69, 9.17) is 4.74 Å². The highest BCUT2D eigenvalue weighted by Crippen LogP contribution is 2.52. The van der Waals surface area contributed by atoms with Crippen LogP contribution in [0.25, 0.3) is 11.1 Å². The van der Waals surface area contributed by atoms with Gasteiger partial charge in [0.25, 0.3) is 0 Å². The van der Waals surface area contributed by atoms with E-state index in [0.717, 1.165) is 0 Å². The lowest BCUT2D eigenvalue weighted by Gasteiger charge is -2.29. The lowest BCUT2D eigenvalue weighted by Crippen LogP contribution is -2.43. The summed E-state index contributed by atoms with van der Waals surface area (Å²) in [7, 11) is 0. The third kappa shape index (κ3) is 3.89. The number of ether oxygens (including phenoxy) is 1. The largest absolute Gasteiger partial charge is 0.481 e. The van der Waals surface area contributed by atoms with Crippen molar-refractivity contribution in [2.24, 2.45) is 23.7 Å². The number of fused-ring (bicyclic) bond motifs is 4. The zero-order valence-electron chi connectivity index (χ0n) is 19.3. The molecule has 7 heteroatoms. The Hall–Kier alpha value is -3.61. The molecule has 1 saturated heterocycles. The predicted octanol–water partition coefficient (Wildman–Crippen LogP) is 3.65. The van der Waals surface area contributed by atoms with E-state index >= 15 is 0 Å². The smallest absolute Gasteiger partial charge is 0.407 e. The quantitative estimate of drug-likeness (QED) is 0.648. The van der Waals surface area contributed by atoms with E-state index in [-0.39, 0.29) is 48.1 Å². The Bertz CT molecular complexity index is 1170. The van der Waals surface area contributed by atoms with Crippen LogP contribution in [0.3, 0.4) is 0 Å². The number of hydrogen-bond donors (Lipinski definition) is 2. The molecular formula is C28H28N2O5. The highest BCUT2D eigenvalue weighted by Gasteiger charge is 2.60. The molecule has 6 rings (SSSR count). The van der Waals surface area contributed by atoms with E-state index in [1.165, 1.54) is 22.3 Å². The molecule has 2 N–H and O–H groups in total. The first-order chi connectivity index (χ1) is 17.0. The molecule has 1 heterocycles. The van der Waals surface area contributed by atoms with Gasteiger partial charge in [-0.2, -0.15) is 0 Å². The standard InChI is InChI=1S/C28H28N2O5/c31-26(30-13-22-23(14-30)25(22)27(32)33)16-6-5-7-17(12-16)29-28(34)35-15-24-20-10-3-1-8-18(20)19-9-2-4-11-21(19)24/h1-5,7-11,16-17,22-25H,6,12-15H2,(H,29,34)(H,32,33)/t16?,17?,22-,23+,25?. The molecule has 180 valence electrons. The van der Waals surface area contributed by atoms with E-state index in [1.54, 1.807) is 0 Å². The van der Waals surface area contributed by atoms with Crippen molar-refractivity contribution in [3.8, 4) is 11.1 Å². The minimum absolute atomic E-state index is 0.000559. The Labute approximate surface area is 203 Å². The number of carbonyl (C=O) groups is 3.